The van der Waals surface area contributed by atoms with Gasteiger partial charge in [-0.15, -0.1) is 0 Å². The second-order valence-corrected chi connectivity index (χ2v) is 9.35. The highest BCUT2D eigenvalue weighted by Gasteiger charge is 2.42. The molecular weight excluding hydrogens is 419 g/mol. The first-order valence-corrected chi connectivity index (χ1v) is 11.9. The van der Waals surface area contributed by atoms with Gasteiger partial charge in [-0.25, -0.2) is 4.39 Å². The molecule has 1 aromatic carbocycles. The minimum Gasteiger partial charge on any atom is -0.351 e. The number of nitrogens with one attached hydrogen (secondary N) is 1. The standard InChI is InChI=1S/C26H29FN4S/c1-17-16-22(18(2)30(17)20-8-4-3-5-9-20)25-24(23-10-6-7-15-28-23)29-26(32)31(25)21-13-11-19(27)12-14-21/h6-7,10-16,20,24-25H,3-5,8-9H2,1-2H3,(H,29,32)/t24-,25+/m1/s1. The van der Waals surface area contributed by atoms with Crippen LogP contribution in [-0.2, 0) is 0 Å². The van der Waals surface area contributed by atoms with Gasteiger partial charge in [0.05, 0.1) is 17.8 Å². The molecule has 2 atom stereocenters. The number of aromatic nitrogens is 2. The van der Waals surface area contributed by atoms with E-state index in [0.29, 0.717) is 11.2 Å². The molecule has 2 aliphatic rings. The van der Waals surface area contributed by atoms with Crippen LogP contribution < -0.4 is 10.2 Å². The summed E-state index contributed by atoms with van der Waals surface area (Å²) >= 11 is 5.80. The molecule has 5 rings (SSSR count). The molecule has 32 heavy (non-hydrogen) atoms. The van der Waals surface area contributed by atoms with Crippen LogP contribution in [0.15, 0.2) is 54.7 Å². The molecule has 4 nitrogen and oxygen atoms in total. The van der Waals surface area contributed by atoms with Crippen molar-refractivity contribution in [2.24, 2.45) is 0 Å². The number of aryl methyl sites for hydroxylation is 1. The van der Waals surface area contributed by atoms with Gasteiger partial charge in [-0.3, -0.25) is 4.98 Å². The fourth-order valence-electron chi connectivity index (χ4n) is 5.55. The molecule has 1 N–H and O–H groups in total. The summed E-state index contributed by atoms with van der Waals surface area (Å²) in [7, 11) is 0. The molecule has 2 aromatic heterocycles. The maximum Gasteiger partial charge on any atom is 0.174 e. The third kappa shape index (κ3) is 3.71. The van der Waals surface area contributed by atoms with Crippen LogP contribution in [0.25, 0.3) is 0 Å². The quantitative estimate of drug-likeness (QED) is 0.474. The number of halogens is 1. The Kier molecular flexibility index (Phi) is 5.72. The molecule has 6 heteroatoms. The zero-order chi connectivity index (χ0) is 22.2. The Morgan fingerprint density at radius 1 is 1.03 bits per heavy atom. The summed E-state index contributed by atoms with van der Waals surface area (Å²) < 4.78 is 16.2. The van der Waals surface area contributed by atoms with Gasteiger partial charge in [0.1, 0.15) is 5.82 Å². The number of rotatable bonds is 4. The van der Waals surface area contributed by atoms with Gasteiger partial charge in [-0.1, -0.05) is 25.3 Å². The van der Waals surface area contributed by atoms with Crippen molar-refractivity contribution in [2.75, 3.05) is 4.90 Å². The number of benzene rings is 1. The molecule has 0 unspecified atom stereocenters. The number of hydrogen-bond acceptors (Lipinski definition) is 2. The van der Waals surface area contributed by atoms with E-state index in [1.165, 1.54) is 61.2 Å². The zero-order valence-corrected chi connectivity index (χ0v) is 19.4. The van der Waals surface area contributed by atoms with Crippen molar-refractivity contribution in [1.82, 2.24) is 14.9 Å². The lowest BCUT2D eigenvalue weighted by Gasteiger charge is -2.30. The van der Waals surface area contributed by atoms with E-state index in [4.69, 9.17) is 12.2 Å². The van der Waals surface area contributed by atoms with Crippen molar-refractivity contribution in [3.8, 4) is 0 Å². The van der Waals surface area contributed by atoms with Gasteiger partial charge in [-0.2, -0.15) is 0 Å². The highest BCUT2D eigenvalue weighted by Crippen LogP contribution is 2.44. The summed E-state index contributed by atoms with van der Waals surface area (Å²) in [5.74, 6) is -0.250. The minimum absolute atomic E-state index is 0.0635. The van der Waals surface area contributed by atoms with Gasteiger partial charge in [0.2, 0.25) is 0 Å². The Hall–Kier alpha value is -2.73. The Labute approximate surface area is 194 Å². The number of pyridine rings is 1. The highest BCUT2D eigenvalue weighted by molar-refractivity contribution is 7.80. The lowest BCUT2D eigenvalue weighted by atomic mass is 9.94. The van der Waals surface area contributed by atoms with Crippen LogP contribution in [0, 0.1) is 19.7 Å². The largest absolute Gasteiger partial charge is 0.351 e. The van der Waals surface area contributed by atoms with Crippen LogP contribution in [0.5, 0.6) is 0 Å². The molecule has 2 fully saturated rings. The van der Waals surface area contributed by atoms with E-state index in [1.54, 1.807) is 12.1 Å². The Morgan fingerprint density at radius 3 is 2.47 bits per heavy atom. The molecular formula is C26H29FN4S. The molecule has 1 aliphatic carbocycles. The molecule has 1 saturated heterocycles. The van der Waals surface area contributed by atoms with E-state index in [9.17, 15) is 4.39 Å². The number of nitrogens with zero attached hydrogens (tertiary/aromatic N) is 3. The zero-order valence-electron chi connectivity index (χ0n) is 18.6. The summed E-state index contributed by atoms with van der Waals surface area (Å²) in [5.41, 5.74) is 5.67. The average Bonchev–Trinajstić information content (AvgIpc) is 3.31. The summed E-state index contributed by atoms with van der Waals surface area (Å²) in [6.45, 7) is 4.44. The second kappa shape index (κ2) is 8.66. The highest BCUT2D eigenvalue weighted by atomic mass is 32.1. The first-order chi connectivity index (χ1) is 15.5. The predicted molar refractivity (Wildman–Crippen MR) is 130 cm³/mol. The van der Waals surface area contributed by atoms with Crippen LogP contribution in [0.2, 0.25) is 0 Å². The lowest BCUT2D eigenvalue weighted by Crippen LogP contribution is -2.29. The first-order valence-electron chi connectivity index (χ1n) is 11.5. The maximum atomic E-state index is 13.7. The number of thiocarbonyl (C=S) groups is 1. The van der Waals surface area contributed by atoms with E-state index >= 15 is 0 Å². The summed E-state index contributed by atoms with van der Waals surface area (Å²) in [6, 6.07) is 15.3. The van der Waals surface area contributed by atoms with E-state index in [1.807, 2.05) is 24.4 Å². The van der Waals surface area contributed by atoms with Crippen LogP contribution >= 0.6 is 12.2 Å². The molecule has 1 aliphatic heterocycles. The Bertz CT molecular complexity index is 1100. The predicted octanol–water partition coefficient (Wildman–Crippen LogP) is 6.32. The molecule has 1 saturated carbocycles. The van der Waals surface area contributed by atoms with Gasteiger partial charge < -0.3 is 14.8 Å². The van der Waals surface area contributed by atoms with Crippen molar-refractivity contribution in [2.45, 2.75) is 64.1 Å². The molecule has 3 aromatic rings. The summed E-state index contributed by atoms with van der Waals surface area (Å²) in [5, 5.41) is 4.15. The van der Waals surface area contributed by atoms with Crippen LogP contribution in [-0.4, -0.2) is 14.7 Å². The molecule has 0 spiro atoms. The number of anilines is 1. The minimum atomic E-state index is -0.250. The lowest BCUT2D eigenvalue weighted by molar-refractivity contribution is 0.345. The smallest absolute Gasteiger partial charge is 0.174 e. The number of hydrogen-bond donors (Lipinski definition) is 1. The monoisotopic (exact) mass is 448 g/mol. The van der Waals surface area contributed by atoms with E-state index < -0.39 is 0 Å². The third-order valence-electron chi connectivity index (χ3n) is 6.98. The molecule has 0 bridgehead atoms. The van der Waals surface area contributed by atoms with Crippen molar-refractivity contribution >= 4 is 23.0 Å². The molecule has 0 amide bonds. The molecule has 0 radical (unpaired) electrons. The average molecular weight is 449 g/mol. The van der Waals surface area contributed by atoms with Crippen LogP contribution in [0.3, 0.4) is 0 Å². The Morgan fingerprint density at radius 2 is 1.78 bits per heavy atom. The van der Waals surface area contributed by atoms with Gasteiger partial charge >= 0.3 is 0 Å². The normalized spacial score (nSPS) is 21.7. The van der Waals surface area contributed by atoms with Crippen LogP contribution in [0.4, 0.5) is 10.1 Å². The summed E-state index contributed by atoms with van der Waals surface area (Å²) in [4.78, 5) is 6.77. The first kappa shape index (κ1) is 21.1. The van der Waals surface area contributed by atoms with Crippen LogP contribution in [0.1, 0.15) is 72.9 Å². The van der Waals surface area contributed by atoms with Gasteiger partial charge in [0.25, 0.3) is 0 Å². The van der Waals surface area contributed by atoms with Crippen molar-refractivity contribution in [3.63, 3.8) is 0 Å². The topological polar surface area (TPSA) is 33.1 Å². The van der Waals surface area contributed by atoms with E-state index in [2.05, 4.69) is 39.7 Å². The second-order valence-electron chi connectivity index (χ2n) is 8.96. The van der Waals surface area contributed by atoms with Gasteiger partial charge in [0, 0.05) is 29.3 Å². The SMILES string of the molecule is Cc1cc([C@H]2[C@@H](c3ccccn3)NC(=S)N2c2ccc(F)cc2)c(C)n1C1CCCCC1. The summed E-state index contributed by atoms with van der Waals surface area (Å²) in [6.07, 6.45) is 8.23. The molecule has 166 valence electrons. The van der Waals surface area contributed by atoms with Gasteiger partial charge in [-0.05, 0) is 86.9 Å². The molecule has 3 heterocycles. The van der Waals surface area contributed by atoms with E-state index in [0.717, 1.165) is 11.4 Å². The Balaban J connectivity index is 1.62. The van der Waals surface area contributed by atoms with Crippen molar-refractivity contribution in [3.05, 3.63) is 83.2 Å². The fourth-order valence-corrected chi connectivity index (χ4v) is 5.90. The maximum absolute atomic E-state index is 13.7. The van der Waals surface area contributed by atoms with Crippen molar-refractivity contribution < 1.29 is 4.39 Å². The van der Waals surface area contributed by atoms with Gasteiger partial charge in [0.15, 0.2) is 5.11 Å². The van der Waals surface area contributed by atoms with E-state index in [-0.39, 0.29) is 17.9 Å². The van der Waals surface area contributed by atoms with Crippen molar-refractivity contribution in [1.29, 1.82) is 0 Å². The third-order valence-corrected chi connectivity index (χ3v) is 7.30. The fraction of sp³-hybridized carbons (Fsp3) is 0.385.